The molecule has 0 saturated heterocycles. The summed E-state index contributed by atoms with van der Waals surface area (Å²) in [6, 6.07) is 1.85. The Bertz CT molecular complexity index is 362. The molecule has 5 heteroatoms. The quantitative estimate of drug-likeness (QED) is 0.804. The van der Waals surface area contributed by atoms with Crippen LogP contribution in [0.3, 0.4) is 0 Å². The first-order valence-electron chi connectivity index (χ1n) is 5.33. The summed E-state index contributed by atoms with van der Waals surface area (Å²) < 4.78 is 1.73. The van der Waals surface area contributed by atoms with Gasteiger partial charge in [0.15, 0.2) is 5.82 Å². The van der Waals surface area contributed by atoms with Crippen molar-refractivity contribution in [2.45, 2.75) is 32.7 Å². The summed E-state index contributed by atoms with van der Waals surface area (Å²) in [5.41, 5.74) is 0.816. The number of carbonyl (C=O) groups is 1. The Balaban J connectivity index is 2.58. The van der Waals surface area contributed by atoms with Gasteiger partial charge in [0.05, 0.1) is 0 Å². The fourth-order valence-corrected chi connectivity index (χ4v) is 1.30. The second-order valence-corrected chi connectivity index (χ2v) is 4.65. The minimum atomic E-state index is -0.200. The molecular weight excluding hydrogens is 204 g/mol. The third-order valence-corrected chi connectivity index (χ3v) is 2.66. The van der Waals surface area contributed by atoms with Crippen LogP contribution in [0.15, 0.2) is 6.07 Å². The molecule has 90 valence electrons. The van der Waals surface area contributed by atoms with Gasteiger partial charge in [-0.1, -0.05) is 0 Å². The summed E-state index contributed by atoms with van der Waals surface area (Å²) in [5.74, 6) is 0.578. The van der Waals surface area contributed by atoms with Crippen molar-refractivity contribution in [3.8, 4) is 0 Å². The van der Waals surface area contributed by atoms with Gasteiger partial charge in [0.1, 0.15) is 0 Å². The third kappa shape index (κ3) is 3.34. The van der Waals surface area contributed by atoms with Crippen LogP contribution in [-0.2, 0) is 11.8 Å². The van der Waals surface area contributed by atoms with Crippen molar-refractivity contribution in [3.05, 3.63) is 11.8 Å². The molecule has 1 rings (SSSR count). The van der Waals surface area contributed by atoms with Crippen LogP contribution in [0.4, 0.5) is 5.82 Å². The van der Waals surface area contributed by atoms with Crippen LogP contribution >= 0.6 is 0 Å². The lowest BCUT2D eigenvalue weighted by atomic mass is 10.0. The standard InChI is InChI=1S/C11H20N4O/c1-8-6-9(14-15(8)5)13-10(16)7-11(2,3)12-4/h6,12H,7H2,1-5H3,(H,13,14,16). The lowest BCUT2D eigenvalue weighted by Gasteiger charge is -2.22. The number of nitrogens with one attached hydrogen (secondary N) is 2. The summed E-state index contributed by atoms with van der Waals surface area (Å²) in [6.45, 7) is 5.91. The molecule has 0 bridgehead atoms. The molecule has 1 aromatic rings. The normalized spacial score (nSPS) is 11.6. The molecule has 16 heavy (non-hydrogen) atoms. The molecule has 1 amide bonds. The SMILES string of the molecule is CNC(C)(C)CC(=O)Nc1cc(C)n(C)n1. The molecule has 0 aliphatic rings. The predicted octanol–water partition coefficient (Wildman–Crippen LogP) is 1.06. The fourth-order valence-electron chi connectivity index (χ4n) is 1.30. The van der Waals surface area contributed by atoms with Crippen LogP contribution in [0, 0.1) is 6.92 Å². The molecule has 0 unspecified atom stereocenters. The van der Waals surface area contributed by atoms with Gasteiger partial charge in [-0.3, -0.25) is 9.48 Å². The highest BCUT2D eigenvalue weighted by Crippen LogP contribution is 2.11. The molecule has 1 heterocycles. The molecule has 0 saturated carbocycles. The molecule has 0 radical (unpaired) electrons. The number of hydrogen-bond donors (Lipinski definition) is 2. The van der Waals surface area contributed by atoms with Crippen LogP contribution in [0.25, 0.3) is 0 Å². The zero-order valence-electron chi connectivity index (χ0n) is 10.6. The lowest BCUT2D eigenvalue weighted by Crippen LogP contribution is -2.39. The molecule has 0 fully saturated rings. The number of rotatable bonds is 4. The highest BCUT2D eigenvalue weighted by Gasteiger charge is 2.19. The van der Waals surface area contributed by atoms with Crippen molar-refractivity contribution >= 4 is 11.7 Å². The average molecular weight is 224 g/mol. The van der Waals surface area contributed by atoms with Crippen LogP contribution in [0.1, 0.15) is 26.0 Å². The van der Waals surface area contributed by atoms with E-state index in [0.717, 1.165) is 5.69 Å². The van der Waals surface area contributed by atoms with E-state index in [0.29, 0.717) is 12.2 Å². The first-order valence-corrected chi connectivity index (χ1v) is 5.33. The Morgan fingerprint density at radius 1 is 1.56 bits per heavy atom. The van der Waals surface area contributed by atoms with Gasteiger partial charge in [-0.25, -0.2) is 0 Å². The summed E-state index contributed by atoms with van der Waals surface area (Å²) in [5, 5.41) is 10.0. The molecule has 0 aromatic carbocycles. The number of carbonyl (C=O) groups excluding carboxylic acids is 1. The Morgan fingerprint density at radius 3 is 2.62 bits per heavy atom. The van der Waals surface area contributed by atoms with Crippen LogP contribution in [-0.4, -0.2) is 28.3 Å². The Kier molecular flexibility index (Phi) is 3.70. The largest absolute Gasteiger partial charge is 0.314 e. The van der Waals surface area contributed by atoms with E-state index in [4.69, 9.17) is 0 Å². The molecule has 0 aliphatic heterocycles. The van der Waals surface area contributed by atoms with E-state index in [9.17, 15) is 4.79 Å². The summed E-state index contributed by atoms with van der Waals surface area (Å²) in [4.78, 5) is 11.7. The first-order chi connectivity index (χ1) is 7.34. The van der Waals surface area contributed by atoms with Crippen molar-refractivity contribution in [1.29, 1.82) is 0 Å². The number of amides is 1. The van der Waals surface area contributed by atoms with E-state index < -0.39 is 0 Å². The minimum Gasteiger partial charge on any atom is -0.314 e. The monoisotopic (exact) mass is 224 g/mol. The van der Waals surface area contributed by atoms with E-state index in [2.05, 4.69) is 15.7 Å². The zero-order valence-corrected chi connectivity index (χ0v) is 10.6. The maximum Gasteiger partial charge on any atom is 0.227 e. The Hall–Kier alpha value is -1.36. The summed E-state index contributed by atoms with van der Waals surface area (Å²) in [6.07, 6.45) is 0.416. The number of nitrogens with zero attached hydrogens (tertiary/aromatic N) is 2. The topological polar surface area (TPSA) is 59.0 Å². The van der Waals surface area contributed by atoms with Gasteiger partial charge >= 0.3 is 0 Å². The summed E-state index contributed by atoms with van der Waals surface area (Å²) >= 11 is 0. The Labute approximate surface area is 96.2 Å². The van der Waals surface area contributed by atoms with Gasteiger partial charge in [0, 0.05) is 30.8 Å². The predicted molar refractivity (Wildman–Crippen MR) is 64.3 cm³/mol. The van der Waals surface area contributed by atoms with Gasteiger partial charge in [-0.2, -0.15) is 5.10 Å². The summed E-state index contributed by atoms with van der Waals surface area (Å²) in [7, 11) is 3.70. The molecule has 1 aromatic heterocycles. The fraction of sp³-hybridized carbons (Fsp3) is 0.636. The van der Waals surface area contributed by atoms with E-state index in [1.54, 1.807) is 4.68 Å². The maximum absolute atomic E-state index is 11.7. The number of aromatic nitrogens is 2. The average Bonchev–Trinajstić information content (AvgIpc) is 2.44. The number of anilines is 1. The van der Waals surface area contributed by atoms with Gasteiger partial charge in [-0.15, -0.1) is 0 Å². The molecule has 0 atom stereocenters. The maximum atomic E-state index is 11.7. The highest BCUT2D eigenvalue weighted by atomic mass is 16.1. The molecule has 0 spiro atoms. The van der Waals surface area contributed by atoms with Crippen LogP contribution in [0.2, 0.25) is 0 Å². The lowest BCUT2D eigenvalue weighted by molar-refractivity contribution is -0.117. The zero-order chi connectivity index (χ0) is 12.3. The van der Waals surface area contributed by atoms with E-state index in [-0.39, 0.29) is 11.4 Å². The third-order valence-electron chi connectivity index (χ3n) is 2.66. The van der Waals surface area contributed by atoms with Crippen molar-refractivity contribution in [2.75, 3.05) is 12.4 Å². The molecule has 5 nitrogen and oxygen atoms in total. The Morgan fingerprint density at radius 2 is 2.19 bits per heavy atom. The minimum absolute atomic E-state index is 0.0301. The van der Waals surface area contributed by atoms with Gasteiger partial charge in [0.2, 0.25) is 5.91 Å². The smallest absolute Gasteiger partial charge is 0.227 e. The van der Waals surface area contributed by atoms with Crippen molar-refractivity contribution in [3.63, 3.8) is 0 Å². The van der Waals surface area contributed by atoms with E-state index in [1.807, 2.05) is 40.9 Å². The van der Waals surface area contributed by atoms with Crippen LogP contribution in [0.5, 0.6) is 0 Å². The van der Waals surface area contributed by atoms with E-state index in [1.165, 1.54) is 0 Å². The first kappa shape index (κ1) is 12.7. The van der Waals surface area contributed by atoms with Crippen LogP contribution < -0.4 is 10.6 Å². The highest BCUT2D eigenvalue weighted by molar-refractivity contribution is 5.90. The van der Waals surface area contributed by atoms with Crippen molar-refractivity contribution < 1.29 is 4.79 Å². The molecule has 2 N–H and O–H groups in total. The molecule has 0 aliphatic carbocycles. The van der Waals surface area contributed by atoms with E-state index >= 15 is 0 Å². The van der Waals surface area contributed by atoms with Gasteiger partial charge < -0.3 is 10.6 Å². The number of aryl methyl sites for hydroxylation is 2. The second kappa shape index (κ2) is 4.65. The van der Waals surface area contributed by atoms with Crippen molar-refractivity contribution in [2.24, 2.45) is 7.05 Å². The van der Waals surface area contributed by atoms with Crippen molar-refractivity contribution in [1.82, 2.24) is 15.1 Å². The molecular formula is C11H20N4O. The number of hydrogen-bond acceptors (Lipinski definition) is 3. The second-order valence-electron chi connectivity index (χ2n) is 4.65. The van der Waals surface area contributed by atoms with Gasteiger partial charge in [-0.05, 0) is 27.8 Å². The van der Waals surface area contributed by atoms with Gasteiger partial charge in [0.25, 0.3) is 0 Å².